The summed E-state index contributed by atoms with van der Waals surface area (Å²) in [6.45, 7) is 4.45. The van der Waals surface area contributed by atoms with Gasteiger partial charge in [-0.1, -0.05) is 54.6 Å². The molecular formula is C20H19NO2. The van der Waals surface area contributed by atoms with E-state index >= 15 is 0 Å². The number of para-hydroxylation sites is 1. The molecule has 0 aromatic heterocycles. The molecule has 1 heterocycles. The maximum Gasteiger partial charge on any atom is 0.199 e. The van der Waals surface area contributed by atoms with Gasteiger partial charge in [-0.3, -0.25) is 4.79 Å². The number of ether oxygens (including phenoxy) is 1. The molecule has 3 heteroatoms. The van der Waals surface area contributed by atoms with Gasteiger partial charge in [0.15, 0.2) is 11.7 Å². The maximum absolute atomic E-state index is 12.9. The molecule has 0 spiro atoms. The van der Waals surface area contributed by atoms with Gasteiger partial charge in [-0.05, 0) is 18.6 Å². The quantitative estimate of drug-likeness (QED) is 0.656. The van der Waals surface area contributed by atoms with Crippen LogP contribution in [0.4, 0.5) is 5.69 Å². The van der Waals surface area contributed by atoms with E-state index in [1.54, 1.807) is 0 Å². The summed E-state index contributed by atoms with van der Waals surface area (Å²) in [7, 11) is 0. The van der Waals surface area contributed by atoms with E-state index in [2.05, 4.69) is 11.9 Å². The predicted octanol–water partition coefficient (Wildman–Crippen LogP) is 4.42. The summed E-state index contributed by atoms with van der Waals surface area (Å²) < 4.78 is 5.77. The third-order valence-electron chi connectivity index (χ3n) is 3.89. The average molecular weight is 305 g/mol. The minimum atomic E-state index is -0.0198. The summed E-state index contributed by atoms with van der Waals surface area (Å²) in [5.41, 5.74) is 2.19. The van der Waals surface area contributed by atoms with Crippen LogP contribution in [-0.2, 0) is 4.74 Å². The minimum Gasteiger partial charge on any atom is -0.479 e. The largest absolute Gasteiger partial charge is 0.479 e. The molecular weight excluding hydrogens is 286 g/mol. The smallest absolute Gasteiger partial charge is 0.199 e. The molecule has 2 aromatic rings. The van der Waals surface area contributed by atoms with E-state index in [0.717, 1.165) is 12.1 Å². The van der Waals surface area contributed by atoms with E-state index in [9.17, 15) is 4.79 Å². The Labute approximate surface area is 136 Å². The van der Waals surface area contributed by atoms with Gasteiger partial charge in [-0.2, -0.15) is 0 Å². The van der Waals surface area contributed by atoms with E-state index in [0.29, 0.717) is 23.6 Å². The molecule has 3 nitrogen and oxygen atoms in total. The second-order valence-corrected chi connectivity index (χ2v) is 5.41. The monoisotopic (exact) mass is 305 g/mol. The molecule has 23 heavy (non-hydrogen) atoms. The van der Waals surface area contributed by atoms with Gasteiger partial charge < -0.3 is 10.1 Å². The number of hydrogen-bond acceptors (Lipinski definition) is 3. The van der Waals surface area contributed by atoms with Crippen LogP contribution < -0.4 is 5.32 Å². The zero-order valence-corrected chi connectivity index (χ0v) is 12.9. The second-order valence-electron chi connectivity index (χ2n) is 5.41. The van der Waals surface area contributed by atoms with Crippen LogP contribution in [0.1, 0.15) is 16.8 Å². The lowest BCUT2D eigenvalue weighted by Crippen LogP contribution is -2.25. The fourth-order valence-corrected chi connectivity index (χ4v) is 2.69. The lowest BCUT2D eigenvalue weighted by Gasteiger charge is -2.26. The number of rotatable bonds is 5. The lowest BCUT2D eigenvalue weighted by atomic mass is 9.88. The fraction of sp³-hybridized carbons (Fsp3) is 0.150. The van der Waals surface area contributed by atoms with E-state index in [1.807, 2.05) is 66.7 Å². The Balaban J connectivity index is 2.00. The van der Waals surface area contributed by atoms with Crippen molar-refractivity contribution in [2.24, 2.45) is 5.92 Å². The molecule has 0 saturated heterocycles. The number of allylic oxidation sites excluding steroid dienone is 2. The highest BCUT2D eigenvalue weighted by Crippen LogP contribution is 2.30. The van der Waals surface area contributed by atoms with Crippen LogP contribution >= 0.6 is 0 Å². The van der Waals surface area contributed by atoms with Crippen molar-refractivity contribution in [3.63, 3.8) is 0 Å². The molecule has 0 aliphatic carbocycles. The molecule has 1 unspecified atom stereocenters. The number of hydrogen-bond donors (Lipinski definition) is 1. The molecule has 0 fully saturated rings. The number of benzene rings is 2. The number of carbonyl (C=O) groups is 1. The van der Waals surface area contributed by atoms with Gasteiger partial charge in [0, 0.05) is 17.2 Å². The fourth-order valence-electron chi connectivity index (χ4n) is 2.69. The van der Waals surface area contributed by atoms with Crippen LogP contribution in [-0.4, -0.2) is 12.4 Å². The number of Topliss-reactive ketones (excluding diaryl/α,β-unsaturated/α-hetero) is 1. The van der Waals surface area contributed by atoms with Crippen LogP contribution in [0.25, 0.3) is 0 Å². The molecule has 1 N–H and O–H groups in total. The minimum absolute atomic E-state index is 0.0114. The zero-order valence-electron chi connectivity index (χ0n) is 12.9. The molecule has 3 rings (SSSR count). The summed E-state index contributed by atoms with van der Waals surface area (Å²) in [6, 6.07) is 19.0. The first-order chi connectivity index (χ1) is 11.3. The second kappa shape index (κ2) is 6.97. The van der Waals surface area contributed by atoms with Crippen molar-refractivity contribution in [3.8, 4) is 0 Å². The molecule has 1 aliphatic rings. The van der Waals surface area contributed by atoms with Gasteiger partial charge in [-0.15, -0.1) is 6.58 Å². The van der Waals surface area contributed by atoms with Crippen LogP contribution in [0.3, 0.4) is 0 Å². The molecule has 116 valence electrons. The molecule has 0 bridgehead atoms. The summed E-state index contributed by atoms with van der Waals surface area (Å²) in [6.07, 6.45) is 2.59. The molecule has 1 aliphatic heterocycles. The first-order valence-electron chi connectivity index (χ1n) is 7.71. The van der Waals surface area contributed by atoms with Crippen molar-refractivity contribution < 1.29 is 9.53 Å². The van der Waals surface area contributed by atoms with Crippen molar-refractivity contribution in [1.29, 1.82) is 0 Å². The highest BCUT2D eigenvalue weighted by atomic mass is 16.5. The summed E-state index contributed by atoms with van der Waals surface area (Å²) in [4.78, 5) is 12.9. The Bertz CT molecular complexity index is 720. The normalized spacial score (nSPS) is 17.3. The highest BCUT2D eigenvalue weighted by molar-refractivity contribution is 6.09. The number of ketones is 1. The van der Waals surface area contributed by atoms with Crippen LogP contribution in [0.15, 0.2) is 84.8 Å². The van der Waals surface area contributed by atoms with Gasteiger partial charge in [-0.25, -0.2) is 0 Å². The van der Waals surface area contributed by atoms with Crippen molar-refractivity contribution in [1.82, 2.24) is 0 Å². The lowest BCUT2D eigenvalue weighted by molar-refractivity contribution is 0.0985. The standard InChI is InChI=1S/C20H19NO2/c1-2-15-13-14-23-20(21-17-11-7-4-8-12-17)18(15)19(22)16-9-5-3-6-10-16/h2-12,15,21H,1,13-14H2. The number of carbonyl (C=O) groups excluding carboxylic acids is 1. The van der Waals surface area contributed by atoms with Crippen molar-refractivity contribution >= 4 is 11.5 Å². The van der Waals surface area contributed by atoms with Gasteiger partial charge in [0.25, 0.3) is 0 Å². The van der Waals surface area contributed by atoms with Crippen molar-refractivity contribution in [2.75, 3.05) is 11.9 Å². The first kappa shape index (κ1) is 15.1. The Kier molecular flexibility index (Phi) is 4.57. The number of nitrogens with one attached hydrogen (secondary N) is 1. The third-order valence-corrected chi connectivity index (χ3v) is 3.89. The Morgan fingerprint density at radius 1 is 1.09 bits per heavy atom. The topological polar surface area (TPSA) is 38.3 Å². The van der Waals surface area contributed by atoms with Crippen LogP contribution in [0.5, 0.6) is 0 Å². The zero-order chi connectivity index (χ0) is 16.1. The van der Waals surface area contributed by atoms with E-state index in [1.165, 1.54) is 0 Å². The van der Waals surface area contributed by atoms with E-state index in [4.69, 9.17) is 4.74 Å². The summed E-state index contributed by atoms with van der Waals surface area (Å²) >= 11 is 0. The SMILES string of the molecule is C=CC1CCOC(Nc2ccccc2)=C1C(=O)c1ccccc1. The Morgan fingerprint density at radius 3 is 2.39 bits per heavy atom. The van der Waals surface area contributed by atoms with Gasteiger partial charge >= 0.3 is 0 Å². The molecule has 0 radical (unpaired) electrons. The van der Waals surface area contributed by atoms with Crippen LogP contribution in [0.2, 0.25) is 0 Å². The first-order valence-corrected chi connectivity index (χ1v) is 7.71. The average Bonchev–Trinajstić information content (AvgIpc) is 2.62. The van der Waals surface area contributed by atoms with Crippen LogP contribution in [0, 0.1) is 5.92 Å². The Hall–Kier alpha value is -2.81. The third kappa shape index (κ3) is 3.34. The summed E-state index contributed by atoms with van der Waals surface area (Å²) in [5.74, 6) is 0.498. The van der Waals surface area contributed by atoms with E-state index < -0.39 is 0 Å². The van der Waals surface area contributed by atoms with E-state index in [-0.39, 0.29) is 11.7 Å². The summed E-state index contributed by atoms with van der Waals surface area (Å²) in [5, 5.41) is 3.23. The Morgan fingerprint density at radius 2 is 1.74 bits per heavy atom. The van der Waals surface area contributed by atoms with Gasteiger partial charge in [0.2, 0.25) is 0 Å². The highest BCUT2D eigenvalue weighted by Gasteiger charge is 2.29. The maximum atomic E-state index is 12.9. The van der Waals surface area contributed by atoms with Gasteiger partial charge in [0.05, 0.1) is 12.2 Å². The molecule has 0 saturated carbocycles. The number of anilines is 1. The van der Waals surface area contributed by atoms with Crippen molar-refractivity contribution in [2.45, 2.75) is 6.42 Å². The molecule has 0 amide bonds. The van der Waals surface area contributed by atoms with Crippen molar-refractivity contribution in [3.05, 3.63) is 90.3 Å². The van der Waals surface area contributed by atoms with Gasteiger partial charge in [0.1, 0.15) is 0 Å². The molecule has 1 atom stereocenters. The predicted molar refractivity (Wildman–Crippen MR) is 92.1 cm³/mol. The molecule has 2 aromatic carbocycles.